The Balaban J connectivity index is 1.33. The van der Waals surface area contributed by atoms with Crippen molar-refractivity contribution in [3.8, 4) is 23.0 Å². The number of hydrogen-bond acceptors (Lipinski definition) is 8. The molecule has 0 fully saturated rings. The van der Waals surface area contributed by atoms with Gasteiger partial charge >= 0.3 is 6.03 Å². The predicted octanol–water partition coefficient (Wildman–Crippen LogP) is 4.35. The van der Waals surface area contributed by atoms with Gasteiger partial charge in [-0.25, -0.2) is 4.79 Å². The number of carbonyl (C=O) groups is 2. The van der Waals surface area contributed by atoms with E-state index in [2.05, 4.69) is 22.5 Å². The summed E-state index contributed by atoms with van der Waals surface area (Å²) >= 11 is 0. The van der Waals surface area contributed by atoms with Crippen molar-refractivity contribution in [1.29, 1.82) is 0 Å². The van der Waals surface area contributed by atoms with Crippen molar-refractivity contribution in [2.75, 3.05) is 51.3 Å². The normalized spacial score (nSPS) is 18.4. The van der Waals surface area contributed by atoms with E-state index in [0.717, 1.165) is 17.1 Å². The van der Waals surface area contributed by atoms with Crippen molar-refractivity contribution in [2.24, 2.45) is 5.92 Å². The molecule has 0 aliphatic carbocycles. The van der Waals surface area contributed by atoms with Gasteiger partial charge in [0.1, 0.15) is 17.6 Å². The van der Waals surface area contributed by atoms with Gasteiger partial charge in [-0.2, -0.15) is 0 Å². The van der Waals surface area contributed by atoms with Gasteiger partial charge in [-0.05, 0) is 74.1 Å². The van der Waals surface area contributed by atoms with Gasteiger partial charge in [0, 0.05) is 42.5 Å². The third kappa shape index (κ3) is 7.53. The number of fused-ring (bicyclic) bond motifs is 2. The lowest BCUT2D eigenvalue weighted by molar-refractivity contribution is -0.134. The largest absolute Gasteiger partial charge is 0.497 e. The molecule has 0 saturated carbocycles. The SMILES string of the molecule is COc1ccc(NC(=O)Nc2ccc3c(c2)CC(=O)N([C@@H](C)CO)C[C@H](C)[C@H](CN(C)Cc2ccc4c(c2)OCO4)O3)cc1. The maximum Gasteiger partial charge on any atom is 0.323 e. The quantitative estimate of drug-likeness (QED) is 0.330. The number of benzene rings is 3. The van der Waals surface area contributed by atoms with Gasteiger partial charge in [0.05, 0.1) is 26.2 Å². The van der Waals surface area contributed by atoms with Gasteiger partial charge in [-0.3, -0.25) is 9.69 Å². The number of aliphatic hydroxyl groups excluding tert-OH is 1. The number of nitrogens with one attached hydrogen (secondary N) is 2. The first-order valence-electron chi connectivity index (χ1n) is 14.7. The Bertz CT molecular complexity index is 1460. The van der Waals surface area contributed by atoms with Crippen molar-refractivity contribution in [3.63, 3.8) is 0 Å². The average Bonchev–Trinajstić information content (AvgIpc) is 3.49. The number of ether oxygens (including phenoxy) is 4. The van der Waals surface area contributed by atoms with Gasteiger partial charge in [-0.1, -0.05) is 13.0 Å². The highest BCUT2D eigenvalue weighted by Crippen LogP contribution is 2.33. The maximum atomic E-state index is 13.5. The zero-order chi connectivity index (χ0) is 31.2. The van der Waals surface area contributed by atoms with Crippen LogP contribution >= 0.6 is 0 Å². The van der Waals surface area contributed by atoms with Crippen molar-refractivity contribution >= 4 is 23.3 Å². The molecule has 2 aliphatic rings. The fourth-order valence-corrected chi connectivity index (χ4v) is 5.42. The third-order valence-corrected chi connectivity index (χ3v) is 7.90. The van der Waals surface area contributed by atoms with Gasteiger partial charge in [0.2, 0.25) is 12.7 Å². The second-order valence-corrected chi connectivity index (χ2v) is 11.4. The van der Waals surface area contributed by atoms with E-state index < -0.39 is 6.03 Å². The van der Waals surface area contributed by atoms with Crippen LogP contribution in [0.1, 0.15) is 25.0 Å². The van der Waals surface area contributed by atoms with E-state index >= 15 is 0 Å². The summed E-state index contributed by atoms with van der Waals surface area (Å²) in [5, 5.41) is 15.6. The fourth-order valence-electron chi connectivity index (χ4n) is 5.42. The van der Waals surface area contributed by atoms with E-state index in [1.165, 1.54) is 0 Å². The van der Waals surface area contributed by atoms with Crippen LogP contribution < -0.4 is 29.6 Å². The summed E-state index contributed by atoms with van der Waals surface area (Å²) in [6.07, 6.45) is -0.189. The Morgan fingerprint density at radius 2 is 1.75 bits per heavy atom. The van der Waals surface area contributed by atoms with Gasteiger partial charge in [-0.15, -0.1) is 0 Å². The molecular weight excluding hydrogens is 564 g/mol. The Morgan fingerprint density at radius 3 is 2.50 bits per heavy atom. The Labute approximate surface area is 257 Å². The molecule has 0 radical (unpaired) electrons. The van der Waals surface area contributed by atoms with Crippen LogP contribution in [-0.4, -0.2) is 79.6 Å². The van der Waals surface area contributed by atoms with Crippen LogP contribution in [0, 0.1) is 5.92 Å². The Morgan fingerprint density at radius 1 is 1.05 bits per heavy atom. The highest BCUT2D eigenvalue weighted by atomic mass is 16.7. The molecule has 3 N–H and O–H groups in total. The van der Waals surface area contributed by atoms with Crippen molar-refractivity contribution in [1.82, 2.24) is 9.80 Å². The minimum absolute atomic E-state index is 0.0359. The predicted molar refractivity (Wildman–Crippen MR) is 167 cm³/mol. The lowest BCUT2D eigenvalue weighted by Gasteiger charge is -2.34. The first-order valence-corrected chi connectivity index (χ1v) is 14.7. The zero-order valence-corrected chi connectivity index (χ0v) is 25.5. The van der Waals surface area contributed by atoms with Crippen LogP contribution in [-0.2, 0) is 17.8 Å². The molecule has 234 valence electrons. The zero-order valence-electron chi connectivity index (χ0n) is 25.5. The molecule has 0 unspecified atom stereocenters. The molecule has 44 heavy (non-hydrogen) atoms. The second kappa shape index (κ2) is 13.9. The van der Waals surface area contributed by atoms with Crippen LogP contribution in [0.25, 0.3) is 0 Å². The summed E-state index contributed by atoms with van der Waals surface area (Å²) < 4.78 is 22.8. The molecule has 11 heteroatoms. The van der Waals surface area contributed by atoms with E-state index in [1.807, 2.05) is 32.2 Å². The summed E-state index contributed by atoms with van der Waals surface area (Å²) in [7, 11) is 3.61. The molecule has 0 bridgehead atoms. The number of hydrogen-bond donors (Lipinski definition) is 3. The number of rotatable bonds is 9. The standard InChI is InChI=1S/C33H40N4O7/c1-21-16-37(22(2)19-38)32(39)15-24-14-26(35-33(40)34-25-6-9-27(41-4)10-7-25)8-12-28(24)44-31(21)18-36(3)17-23-5-11-29-30(13-23)43-20-42-29/h5-14,21-22,31,38H,15-20H2,1-4H3,(H2,34,35,40)/t21-,22-,31-/m0/s1. The molecule has 0 saturated heterocycles. The molecule has 11 nitrogen and oxygen atoms in total. The number of amides is 3. The van der Waals surface area contributed by atoms with Crippen LogP contribution in [0.5, 0.6) is 23.0 Å². The van der Waals surface area contributed by atoms with Crippen molar-refractivity contribution in [2.45, 2.75) is 39.0 Å². The Hall–Kier alpha value is -4.48. The molecule has 5 rings (SSSR count). The number of anilines is 2. The monoisotopic (exact) mass is 604 g/mol. The molecule has 2 heterocycles. The average molecular weight is 605 g/mol. The number of aliphatic hydroxyl groups is 1. The highest BCUT2D eigenvalue weighted by molar-refractivity contribution is 6.00. The topological polar surface area (TPSA) is 122 Å². The van der Waals surface area contributed by atoms with Crippen molar-refractivity contribution < 1.29 is 33.6 Å². The molecule has 3 amide bonds. The van der Waals surface area contributed by atoms with Gasteiger partial charge in [0.15, 0.2) is 11.5 Å². The number of methoxy groups -OCH3 is 1. The Kier molecular flexibility index (Phi) is 9.76. The molecule has 0 spiro atoms. The number of likely N-dealkylation sites (N-methyl/N-ethyl adjacent to an activating group) is 1. The summed E-state index contributed by atoms with van der Waals surface area (Å²) in [5.74, 6) is 2.62. The van der Waals surface area contributed by atoms with Crippen LogP contribution in [0.2, 0.25) is 0 Å². The lowest BCUT2D eigenvalue weighted by Crippen LogP contribution is -2.47. The molecule has 2 aliphatic heterocycles. The van der Waals surface area contributed by atoms with E-state index in [0.29, 0.717) is 48.1 Å². The number of carbonyl (C=O) groups excluding carboxylic acids is 2. The van der Waals surface area contributed by atoms with E-state index in [9.17, 15) is 14.7 Å². The van der Waals surface area contributed by atoms with E-state index in [-0.39, 0.29) is 43.8 Å². The van der Waals surface area contributed by atoms with Crippen LogP contribution in [0.3, 0.4) is 0 Å². The molecule has 0 aromatic heterocycles. The summed E-state index contributed by atoms with van der Waals surface area (Å²) in [6.45, 7) is 5.68. The second-order valence-electron chi connectivity index (χ2n) is 11.4. The first-order chi connectivity index (χ1) is 21.2. The molecule has 3 atom stereocenters. The van der Waals surface area contributed by atoms with Crippen LogP contribution in [0.4, 0.5) is 16.2 Å². The number of nitrogens with zero attached hydrogens (tertiary/aromatic N) is 2. The molecule has 3 aromatic carbocycles. The van der Waals surface area contributed by atoms with Crippen molar-refractivity contribution in [3.05, 3.63) is 71.8 Å². The van der Waals surface area contributed by atoms with E-state index in [4.69, 9.17) is 18.9 Å². The van der Waals surface area contributed by atoms with Gasteiger partial charge in [0.25, 0.3) is 0 Å². The molecule has 3 aromatic rings. The summed E-state index contributed by atoms with van der Waals surface area (Å²) in [6, 6.07) is 17.5. The fraction of sp³-hybridized carbons (Fsp3) is 0.394. The highest BCUT2D eigenvalue weighted by Gasteiger charge is 2.31. The minimum Gasteiger partial charge on any atom is -0.497 e. The maximum absolute atomic E-state index is 13.5. The number of urea groups is 1. The molecular formula is C33H40N4O7. The first kappa shape index (κ1) is 31.0. The van der Waals surface area contributed by atoms with Gasteiger partial charge < -0.3 is 39.6 Å². The minimum atomic E-state index is -0.419. The third-order valence-electron chi connectivity index (χ3n) is 7.90. The lowest BCUT2D eigenvalue weighted by atomic mass is 10.0. The summed E-state index contributed by atoms with van der Waals surface area (Å²) in [5.41, 5.74) is 2.88. The van der Waals surface area contributed by atoms with Crippen LogP contribution in [0.15, 0.2) is 60.7 Å². The van der Waals surface area contributed by atoms with E-state index in [1.54, 1.807) is 54.5 Å². The smallest absolute Gasteiger partial charge is 0.323 e. The summed E-state index contributed by atoms with van der Waals surface area (Å²) in [4.78, 5) is 30.2.